The van der Waals surface area contributed by atoms with Gasteiger partial charge in [0.1, 0.15) is 5.82 Å². The Kier molecular flexibility index (Phi) is 1.80. The van der Waals surface area contributed by atoms with Crippen LogP contribution < -0.4 is 0 Å². The number of carbonyl (C=O) groups excluding carboxylic acids is 1. The quantitative estimate of drug-likeness (QED) is 0.644. The summed E-state index contributed by atoms with van der Waals surface area (Å²) in [6.07, 6.45) is 0.251. The van der Waals surface area contributed by atoms with Gasteiger partial charge in [-0.25, -0.2) is 4.39 Å². The molecule has 0 spiro atoms. The zero-order valence-electron chi connectivity index (χ0n) is 8.47. The van der Waals surface area contributed by atoms with Gasteiger partial charge >= 0.3 is 0 Å². The lowest BCUT2D eigenvalue weighted by molar-refractivity contribution is 0.0861. The third-order valence-corrected chi connectivity index (χ3v) is 2.79. The maximum Gasteiger partial charge on any atom is 0.173 e. The molecule has 0 aliphatic heterocycles. The summed E-state index contributed by atoms with van der Waals surface area (Å²) in [4.78, 5) is 11.8. The van der Waals surface area contributed by atoms with E-state index in [-0.39, 0.29) is 23.3 Å². The van der Waals surface area contributed by atoms with E-state index >= 15 is 0 Å². The average Bonchev–Trinajstić information content (AvgIpc) is 2.36. The number of hydrogen-bond donors (Lipinski definition) is 2. The third kappa shape index (κ3) is 1.21. The van der Waals surface area contributed by atoms with Crippen LogP contribution in [0.25, 0.3) is 0 Å². The van der Waals surface area contributed by atoms with E-state index in [0.29, 0.717) is 0 Å². The highest BCUT2D eigenvalue weighted by Gasteiger charge is 2.42. The summed E-state index contributed by atoms with van der Waals surface area (Å²) in [7, 11) is 0. The molecule has 2 N–H and O–H groups in total. The van der Waals surface area contributed by atoms with E-state index in [2.05, 4.69) is 0 Å². The molecule has 3 nitrogen and oxygen atoms in total. The molecule has 0 amide bonds. The molecule has 0 bridgehead atoms. The predicted octanol–water partition coefficient (Wildman–Crippen LogP) is 2.00. The summed E-state index contributed by atoms with van der Waals surface area (Å²) in [6, 6.07) is 0.836. The van der Waals surface area contributed by atoms with Crippen molar-refractivity contribution in [3.63, 3.8) is 0 Å². The summed E-state index contributed by atoms with van der Waals surface area (Å²) in [5.74, 6) is -2.07. The fraction of sp³-hybridized carbons (Fsp3) is 0.364. The van der Waals surface area contributed by atoms with E-state index < -0.39 is 22.7 Å². The van der Waals surface area contributed by atoms with Gasteiger partial charge in [-0.15, -0.1) is 0 Å². The largest absolute Gasteiger partial charge is 0.504 e. The molecule has 1 aliphatic rings. The molecule has 1 aromatic rings. The molecule has 0 fully saturated rings. The highest BCUT2D eigenvalue weighted by Crippen LogP contribution is 2.44. The lowest BCUT2D eigenvalue weighted by Crippen LogP contribution is -2.18. The molecule has 15 heavy (non-hydrogen) atoms. The molecular formula is C11H11FO3. The van der Waals surface area contributed by atoms with Gasteiger partial charge in [-0.2, -0.15) is 0 Å². The lowest BCUT2D eigenvalue weighted by Gasteiger charge is -2.13. The number of benzene rings is 1. The summed E-state index contributed by atoms with van der Waals surface area (Å²) >= 11 is 0. The molecule has 0 radical (unpaired) electrons. The number of halogens is 1. The van der Waals surface area contributed by atoms with Gasteiger partial charge in [0.2, 0.25) is 0 Å². The number of Topliss-reactive ketones (excluding diaryl/α,β-unsaturated/α-hetero) is 1. The van der Waals surface area contributed by atoms with Gasteiger partial charge in [-0.1, -0.05) is 13.8 Å². The van der Waals surface area contributed by atoms with Gasteiger partial charge in [-0.3, -0.25) is 4.79 Å². The molecule has 4 heteroatoms. The van der Waals surface area contributed by atoms with Crippen LogP contribution >= 0.6 is 0 Å². The fourth-order valence-corrected chi connectivity index (χ4v) is 1.94. The highest BCUT2D eigenvalue weighted by atomic mass is 19.1. The second-order valence-corrected chi connectivity index (χ2v) is 4.47. The first-order valence-corrected chi connectivity index (χ1v) is 4.62. The molecule has 0 unspecified atom stereocenters. The molecule has 1 aromatic carbocycles. The third-order valence-electron chi connectivity index (χ3n) is 2.79. The molecule has 0 atom stereocenters. The van der Waals surface area contributed by atoms with Crippen LogP contribution in [0.15, 0.2) is 6.07 Å². The number of carbonyl (C=O) groups is 1. The Morgan fingerprint density at radius 3 is 2.60 bits per heavy atom. The van der Waals surface area contributed by atoms with Gasteiger partial charge in [0, 0.05) is 17.0 Å². The Labute approximate surface area is 86.2 Å². The first-order chi connectivity index (χ1) is 6.84. The van der Waals surface area contributed by atoms with E-state index in [9.17, 15) is 19.4 Å². The Morgan fingerprint density at radius 2 is 2.00 bits per heavy atom. The molecule has 0 aromatic heterocycles. The first-order valence-electron chi connectivity index (χ1n) is 4.62. The minimum absolute atomic E-state index is 0.0718. The van der Waals surface area contributed by atoms with E-state index in [1.54, 1.807) is 13.8 Å². The van der Waals surface area contributed by atoms with E-state index in [4.69, 9.17) is 0 Å². The maximum atomic E-state index is 13.4. The maximum absolute atomic E-state index is 13.4. The van der Waals surface area contributed by atoms with Gasteiger partial charge in [0.15, 0.2) is 17.3 Å². The van der Waals surface area contributed by atoms with Crippen molar-refractivity contribution >= 4 is 5.78 Å². The second kappa shape index (κ2) is 2.72. The van der Waals surface area contributed by atoms with Gasteiger partial charge in [0.25, 0.3) is 0 Å². The minimum Gasteiger partial charge on any atom is -0.504 e. The van der Waals surface area contributed by atoms with Crippen LogP contribution in [-0.2, 0) is 6.42 Å². The average molecular weight is 210 g/mol. The van der Waals surface area contributed by atoms with Gasteiger partial charge < -0.3 is 10.2 Å². The van der Waals surface area contributed by atoms with E-state index in [0.717, 1.165) is 6.07 Å². The standard InChI is InChI=1S/C11H11FO3/c1-11(2)4-5-6(12)3-7(13)9(14)8(5)10(11)15/h3,13-14H,4H2,1-2H3. The van der Waals surface area contributed by atoms with Gasteiger partial charge in [0.05, 0.1) is 5.56 Å². The number of fused-ring (bicyclic) bond motifs is 1. The normalized spacial score (nSPS) is 17.9. The second-order valence-electron chi connectivity index (χ2n) is 4.47. The topological polar surface area (TPSA) is 57.5 Å². The zero-order valence-corrected chi connectivity index (χ0v) is 8.47. The van der Waals surface area contributed by atoms with Crippen molar-refractivity contribution < 1.29 is 19.4 Å². The number of phenols is 2. The molecule has 0 saturated heterocycles. The Morgan fingerprint density at radius 1 is 1.40 bits per heavy atom. The molecule has 80 valence electrons. The van der Waals surface area contributed by atoms with Crippen molar-refractivity contribution in [2.24, 2.45) is 5.41 Å². The van der Waals surface area contributed by atoms with Crippen LogP contribution in [0.1, 0.15) is 29.8 Å². The van der Waals surface area contributed by atoms with Crippen molar-refractivity contribution in [3.05, 3.63) is 23.0 Å². The smallest absolute Gasteiger partial charge is 0.173 e. The molecular weight excluding hydrogens is 199 g/mol. The summed E-state index contributed by atoms with van der Waals surface area (Å²) in [5.41, 5.74) is -0.591. The molecule has 2 rings (SSSR count). The van der Waals surface area contributed by atoms with Crippen molar-refractivity contribution in [2.75, 3.05) is 0 Å². The van der Waals surface area contributed by atoms with Crippen LogP contribution in [0.5, 0.6) is 11.5 Å². The van der Waals surface area contributed by atoms with Crippen molar-refractivity contribution in [1.29, 1.82) is 0 Å². The molecule has 0 saturated carbocycles. The zero-order chi connectivity index (χ0) is 11.4. The lowest BCUT2D eigenvalue weighted by atomic mass is 9.89. The monoisotopic (exact) mass is 210 g/mol. The van der Waals surface area contributed by atoms with E-state index in [1.165, 1.54) is 0 Å². The van der Waals surface area contributed by atoms with Crippen LogP contribution in [0.3, 0.4) is 0 Å². The van der Waals surface area contributed by atoms with Gasteiger partial charge in [-0.05, 0) is 6.42 Å². The number of aromatic hydroxyl groups is 2. The first kappa shape index (κ1) is 9.96. The fourth-order valence-electron chi connectivity index (χ4n) is 1.94. The molecule has 1 aliphatic carbocycles. The van der Waals surface area contributed by atoms with Crippen LogP contribution in [0, 0.1) is 11.2 Å². The van der Waals surface area contributed by atoms with Crippen LogP contribution in [0.4, 0.5) is 4.39 Å². The Balaban J connectivity index is 2.75. The SMILES string of the molecule is CC1(C)Cc2c(F)cc(O)c(O)c2C1=O. The van der Waals surface area contributed by atoms with Crippen molar-refractivity contribution in [3.8, 4) is 11.5 Å². The van der Waals surface area contributed by atoms with Crippen molar-refractivity contribution in [2.45, 2.75) is 20.3 Å². The van der Waals surface area contributed by atoms with Crippen molar-refractivity contribution in [1.82, 2.24) is 0 Å². The number of hydrogen-bond acceptors (Lipinski definition) is 3. The minimum atomic E-state index is -0.714. The summed E-state index contributed by atoms with van der Waals surface area (Å²) in [6.45, 7) is 3.37. The highest BCUT2D eigenvalue weighted by molar-refractivity contribution is 6.07. The summed E-state index contributed by atoms with van der Waals surface area (Å²) < 4.78 is 13.4. The molecule has 0 heterocycles. The number of ketones is 1. The number of phenolic OH excluding ortho intramolecular Hbond substituents is 2. The predicted molar refractivity (Wildman–Crippen MR) is 51.5 cm³/mol. The van der Waals surface area contributed by atoms with E-state index in [1.807, 2.05) is 0 Å². The summed E-state index contributed by atoms with van der Waals surface area (Å²) in [5, 5.41) is 18.7. The van der Waals surface area contributed by atoms with Crippen LogP contribution in [-0.4, -0.2) is 16.0 Å². The Bertz CT molecular complexity index is 463. The van der Waals surface area contributed by atoms with Crippen LogP contribution in [0.2, 0.25) is 0 Å². The Hall–Kier alpha value is -1.58. The number of rotatable bonds is 0.